The summed E-state index contributed by atoms with van der Waals surface area (Å²) >= 11 is 0. The predicted octanol–water partition coefficient (Wildman–Crippen LogP) is 7.73. The lowest BCUT2D eigenvalue weighted by atomic mass is 10.0. The monoisotopic (exact) mass is 458 g/mol. The van der Waals surface area contributed by atoms with Crippen LogP contribution in [0.3, 0.4) is 0 Å². The van der Waals surface area contributed by atoms with Crippen LogP contribution < -0.4 is 4.74 Å². The Hall–Kier alpha value is -3.83. The van der Waals surface area contributed by atoms with Crippen LogP contribution in [-0.2, 0) is 11.3 Å². The fourth-order valence-electron chi connectivity index (χ4n) is 3.82. The Morgan fingerprint density at radius 1 is 0.824 bits per heavy atom. The lowest BCUT2D eigenvalue weighted by molar-refractivity contribution is 0.297. The van der Waals surface area contributed by atoms with E-state index in [9.17, 15) is 13.2 Å². The minimum atomic E-state index is -0.941. The molecule has 1 fully saturated rings. The van der Waals surface area contributed by atoms with Gasteiger partial charge in [0.15, 0.2) is 11.6 Å². The molecule has 5 rings (SSSR count). The van der Waals surface area contributed by atoms with Crippen LogP contribution in [0, 0.1) is 17.5 Å². The molecule has 1 atom stereocenters. The highest BCUT2D eigenvalue weighted by Gasteiger charge is 2.25. The zero-order chi connectivity index (χ0) is 23.7. The Labute approximate surface area is 195 Å². The van der Waals surface area contributed by atoms with Crippen molar-refractivity contribution in [3.8, 4) is 28.0 Å². The quantitative estimate of drug-likeness (QED) is 0.264. The number of hydrogen-bond acceptors (Lipinski definition) is 2. The van der Waals surface area contributed by atoms with E-state index < -0.39 is 11.6 Å². The van der Waals surface area contributed by atoms with Gasteiger partial charge in [-0.05, 0) is 40.5 Å². The van der Waals surface area contributed by atoms with E-state index in [1.165, 1.54) is 12.1 Å². The molecular weight excluding hydrogens is 437 g/mol. The molecule has 4 aromatic rings. The van der Waals surface area contributed by atoms with E-state index in [0.29, 0.717) is 29.0 Å². The Balaban J connectivity index is 1.28. The third-order valence-corrected chi connectivity index (χ3v) is 5.88. The average Bonchev–Trinajstić information content (AvgIpc) is 3.71. The van der Waals surface area contributed by atoms with Gasteiger partial charge < -0.3 is 9.47 Å². The van der Waals surface area contributed by atoms with E-state index in [-0.39, 0.29) is 29.7 Å². The van der Waals surface area contributed by atoms with Crippen LogP contribution in [0.15, 0.2) is 85.4 Å². The minimum absolute atomic E-state index is 0.00330. The van der Waals surface area contributed by atoms with Gasteiger partial charge in [-0.3, -0.25) is 0 Å². The zero-order valence-corrected chi connectivity index (χ0v) is 18.2. The maximum atomic E-state index is 14.7. The van der Waals surface area contributed by atoms with Gasteiger partial charge in [0.2, 0.25) is 0 Å². The van der Waals surface area contributed by atoms with E-state index in [2.05, 4.69) is 6.58 Å². The van der Waals surface area contributed by atoms with Crippen molar-refractivity contribution in [2.24, 2.45) is 0 Å². The first kappa shape index (κ1) is 22.0. The van der Waals surface area contributed by atoms with Gasteiger partial charge in [-0.25, -0.2) is 13.2 Å². The molecule has 0 N–H and O–H groups in total. The molecule has 0 bridgehead atoms. The summed E-state index contributed by atoms with van der Waals surface area (Å²) in [5.41, 5.74) is 3.76. The fraction of sp³-hybridized carbons (Fsp3) is 0.103. The van der Waals surface area contributed by atoms with E-state index in [1.54, 1.807) is 66.7 Å². The van der Waals surface area contributed by atoms with Crippen LogP contribution in [0.2, 0.25) is 0 Å². The molecule has 1 heterocycles. The molecule has 1 unspecified atom stereocenters. The molecule has 170 valence electrons. The SMILES string of the molecule is C=Cc1ccc(-c2ccc(COc3ccc(-c4ccc(C5CO5)cc4F)cc3)c(F)c2F)cc1. The Kier molecular flexibility index (Phi) is 5.95. The average molecular weight is 458 g/mol. The van der Waals surface area contributed by atoms with Gasteiger partial charge >= 0.3 is 0 Å². The fourth-order valence-corrected chi connectivity index (χ4v) is 3.82. The molecule has 34 heavy (non-hydrogen) atoms. The maximum absolute atomic E-state index is 14.7. The molecule has 1 saturated heterocycles. The van der Waals surface area contributed by atoms with E-state index >= 15 is 0 Å². The third-order valence-electron chi connectivity index (χ3n) is 5.88. The lowest BCUT2D eigenvalue weighted by Gasteiger charge is -2.11. The largest absolute Gasteiger partial charge is 0.489 e. The second-order valence-corrected chi connectivity index (χ2v) is 8.10. The van der Waals surface area contributed by atoms with Crippen molar-refractivity contribution in [1.29, 1.82) is 0 Å². The molecule has 0 aromatic heterocycles. The summed E-state index contributed by atoms with van der Waals surface area (Å²) < 4.78 is 54.8. The molecule has 0 saturated carbocycles. The van der Waals surface area contributed by atoms with Crippen LogP contribution >= 0.6 is 0 Å². The summed E-state index contributed by atoms with van der Waals surface area (Å²) in [5.74, 6) is -1.71. The summed E-state index contributed by atoms with van der Waals surface area (Å²) in [4.78, 5) is 0. The van der Waals surface area contributed by atoms with Crippen molar-refractivity contribution < 1.29 is 22.6 Å². The van der Waals surface area contributed by atoms with Crippen LogP contribution in [-0.4, -0.2) is 6.61 Å². The number of hydrogen-bond donors (Lipinski definition) is 0. The minimum Gasteiger partial charge on any atom is -0.489 e. The Morgan fingerprint density at radius 2 is 1.47 bits per heavy atom. The number of epoxide rings is 1. The lowest BCUT2D eigenvalue weighted by Crippen LogP contribution is -2.02. The molecule has 0 spiro atoms. The molecular formula is C29H21F3O2. The molecule has 2 nitrogen and oxygen atoms in total. The molecule has 5 heteroatoms. The smallest absolute Gasteiger partial charge is 0.167 e. The second-order valence-electron chi connectivity index (χ2n) is 8.10. The van der Waals surface area contributed by atoms with Gasteiger partial charge in [0.25, 0.3) is 0 Å². The molecule has 4 aromatic carbocycles. The Morgan fingerprint density at radius 3 is 2.12 bits per heavy atom. The van der Waals surface area contributed by atoms with E-state index in [0.717, 1.165) is 11.1 Å². The van der Waals surface area contributed by atoms with Gasteiger partial charge in [0, 0.05) is 16.7 Å². The first-order valence-corrected chi connectivity index (χ1v) is 10.9. The molecule has 0 radical (unpaired) electrons. The van der Waals surface area contributed by atoms with Crippen LogP contribution in [0.1, 0.15) is 22.8 Å². The van der Waals surface area contributed by atoms with E-state index in [1.807, 2.05) is 6.07 Å². The Bertz CT molecular complexity index is 1340. The number of rotatable bonds is 7. The van der Waals surface area contributed by atoms with Crippen molar-refractivity contribution >= 4 is 6.08 Å². The summed E-state index contributed by atoms with van der Waals surface area (Å²) in [6.45, 7) is 4.18. The summed E-state index contributed by atoms with van der Waals surface area (Å²) in [5, 5.41) is 0. The van der Waals surface area contributed by atoms with Gasteiger partial charge in [-0.15, -0.1) is 0 Å². The molecule has 0 amide bonds. The van der Waals surface area contributed by atoms with Crippen molar-refractivity contribution in [3.05, 3.63) is 120 Å². The van der Waals surface area contributed by atoms with Crippen LogP contribution in [0.4, 0.5) is 13.2 Å². The van der Waals surface area contributed by atoms with E-state index in [4.69, 9.17) is 9.47 Å². The van der Waals surface area contributed by atoms with Crippen LogP contribution in [0.5, 0.6) is 5.75 Å². The third kappa shape index (κ3) is 4.47. The van der Waals surface area contributed by atoms with Crippen molar-refractivity contribution in [2.45, 2.75) is 12.7 Å². The molecule has 0 aliphatic carbocycles. The highest BCUT2D eigenvalue weighted by molar-refractivity contribution is 5.67. The molecule has 1 aliphatic heterocycles. The normalized spacial score (nSPS) is 14.6. The number of benzene rings is 4. The summed E-state index contributed by atoms with van der Waals surface area (Å²) in [7, 11) is 0. The van der Waals surface area contributed by atoms with Crippen LogP contribution in [0.25, 0.3) is 28.3 Å². The topological polar surface area (TPSA) is 21.8 Å². The number of ether oxygens (including phenoxy) is 2. The van der Waals surface area contributed by atoms with Gasteiger partial charge in [0.1, 0.15) is 24.3 Å². The van der Waals surface area contributed by atoms with Crippen molar-refractivity contribution in [1.82, 2.24) is 0 Å². The maximum Gasteiger partial charge on any atom is 0.167 e. The highest BCUT2D eigenvalue weighted by Crippen LogP contribution is 2.33. The van der Waals surface area contributed by atoms with Gasteiger partial charge in [-0.1, -0.05) is 73.3 Å². The standard InChI is InChI=1S/C29H21F3O2/c1-2-18-3-5-20(6-4-18)25-14-10-22(28(31)29(25)32)16-33-23-11-7-19(8-12-23)24-13-9-21(15-26(24)30)27-17-34-27/h2-15,27H,1,16-17H2. The first-order valence-electron chi connectivity index (χ1n) is 10.9. The number of halogens is 3. The predicted molar refractivity (Wildman–Crippen MR) is 127 cm³/mol. The molecule has 1 aliphatic rings. The zero-order valence-electron chi connectivity index (χ0n) is 18.2. The second kappa shape index (κ2) is 9.20. The van der Waals surface area contributed by atoms with Crippen molar-refractivity contribution in [3.63, 3.8) is 0 Å². The van der Waals surface area contributed by atoms with Gasteiger partial charge in [-0.2, -0.15) is 0 Å². The first-order chi connectivity index (χ1) is 16.5. The summed E-state index contributed by atoms with van der Waals surface area (Å²) in [6, 6.07) is 22.0. The van der Waals surface area contributed by atoms with Gasteiger partial charge in [0.05, 0.1) is 6.61 Å². The van der Waals surface area contributed by atoms with Crippen molar-refractivity contribution in [2.75, 3.05) is 6.61 Å². The summed E-state index contributed by atoms with van der Waals surface area (Å²) in [6.07, 6.45) is 1.68. The highest BCUT2D eigenvalue weighted by atomic mass is 19.2.